The lowest BCUT2D eigenvalue weighted by atomic mass is 9.88. The van der Waals surface area contributed by atoms with Gasteiger partial charge in [-0.2, -0.15) is 28.1 Å². The van der Waals surface area contributed by atoms with Gasteiger partial charge in [0.05, 0.1) is 43.1 Å². The number of amides is 2. The summed E-state index contributed by atoms with van der Waals surface area (Å²) in [6, 6.07) is 21.2. The Morgan fingerprint density at radius 2 is 1.39 bits per heavy atom. The van der Waals surface area contributed by atoms with Crippen LogP contribution in [0.3, 0.4) is 0 Å². The molecule has 6 atom stereocenters. The van der Waals surface area contributed by atoms with Gasteiger partial charge >= 0.3 is 12.2 Å². The quantitative estimate of drug-likeness (QED) is 0.332. The van der Waals surface area contributed by atoms with Crippen molar-refractivity contribution in [2.45, 2.75) is 80.1 Å². The summed E-state index contributed by atoms with van der Waals surface area (Å²) in [5.74, 6) is 0.187. The maximum atomic E-state index is 14.5. The molecule has 2 heterocycles. The van der Waals surface area contributed by atoms with E-state index in [0.29, 0.717) is 44.5 Å². The fourth-order valence-corrected chi connectivity index (χ4v) is 12.5. The maximum absolute atomic E-state index is 14.5. The van der Waals surface area contributed by atoms with Crippen LogP contribution in [0.5, 0.6) is 0 Å². The fraction of sp³-hybridized carbons (Fsp3) is 0.474. The minimum atomic E-state index is -4.10. The standard InChI is InChI=1S/C38H42N6O6S/c1-49-34(45)43-19-17-37(29-13-6-4-10-25(29)22-32(37)43)40-39-31-15-7-14-30-27(31)23-33-38(30,18-20-44(33)35(46)50-2)42-51(47,48)41-36-16-8-11-26(36)21-24-9-3-5-12-28(24)36/h3-7,9-10,12-15,26,32-33,41-42H,8,11,16-23H2,1-2H3/b40-39+/t26?,32?,33?,36-,37-,38-/m0/s1. The average molecular weight is 711 g/mol. The van der Waals surface area contributed by atoms with Crippen LogP contribution in [0.15, 0.2) is 77.0 Å². The van der Waals surface area contributed by atoms with E-state index in [1.54, 1.807) is 9.80 Å². The van der Waals surface area contributed by atoms with E-state index < -0.39 is 39.0 Å². The van der Waals surface area contributed by atoms with Crippen molar-refractivity contribution in [1.29, 1.82) is 0 Å². The normalized spacial score (nSPS) is 31.3. The number of carbonyl (C=O) groups is 2. The summed E-state index contributed by atoms with van der Waals surface area (Å²) in [5, 5.41) is 10.0. The molecule has 9 rings (SSSR count). The van der Waals surface area contributed by atoms with Crippen molar-refractivity contribution in [3.05, 3.63) is 100 Å². The monoisotopic (exact) mass is 710 g/mol. The summed E-state index contributed by atoms with van der Waals surface area (Å²) >= 11 is 0. The largest absolute Gasteiger partial charge is 0.453 e. The van der Waals surface area contributed by atoms with E-state index in [1.165, 1.54) is 19.8 Å². The predicted molar refractivity (Wildman–Crippen MR) is 188 cm³/mol. The van der Waals surface area contributed by atoms with Gasteiger partial charge in [0.25, 0.3) is 10.2 Å². The Kier molecular flexibility index (Phi) is 7.40. The van der Waals surface area contributed by atoms with Gasteiger partial charge in [-0.1, -0.05) is 67.1 Å². The third kappa shape index (κ3) is 4.66. The third-order valence-corrected chi connectivity index (χ3v) is 14.1. The Morgan fingerprint density at radius 1 is 0.745 bits per heavy atom. The number of likely N-dealkylation sites (tertiary alicyclic amines) is 2. The summed E-state index contributed by atoms with van der Waals surface area (Å²) in [5.41, 5.74) is 4.19. The van der Waals surface area contributed by atoms with Gasteiger partial charge in [-0.05, 0) is 90.3 Å². The molecule has 3 aromatic carbocycles. The lowest BCUT2D eigenvalue weighted by Gasteiger charge is -2.37. The number of fused-ring (bicyclic) bond motifs is 9. The van der Waals surface area contributed by atoms with E-state index >= 15 is 0 Å². The Morgan fingerprint density at radius 3 is 2.16 bits per heavy atom. The van der Waals surface area contributed by atoms with Gasteiger partial charge in [-0.3, -0.25) is 0 Å². The number of nitrogens with one attached hydrogen (secondary N) is 2. The third-order valence-electron chi connectivity index (χ3n) is 12.9. The Hall–Kier alpha value is -4.33. The van der Waals surface area contributed by atoms with Crippen LogP contribution in [0, 0.1) is 5.92 Å². The SMILES string of the molecule is COC(=O)N1CC[C@]2(/N=N/c3cccc4c3CC3N(C(=O)OC)CC[C@]43NS(=O)(=O)N[C@@]34CCCC3Cc3ccccc34)c3ccccc3CC12. The summed E-state index contributed by atoms with van der Waals surface area (Å²) in [6.07, 6.45) is 4.62. The Labute approximate surface area is 297 Å². The van der Waals surface area contributed by atoms with E-state index in [9.17, 15) is 18.0 Å². The number of hydrogen-bond acceptors (Lipinski definition) is 8. The first-order valence-electron chi connectivity index (χ1n) is 17.9. The first-order valence-corrected chi connectivity index (χ1v) is 19.4. The molecule has 4 aliphatic carbocycles. The topological polar surface area (TPSA) is 142 Å². The zero-order valence-corrected chi connectivity index (χ0v) is 29.6. The molecule has 266 valence electrons. The minimum Gasteiger partial charge on any atom is -0.453 e. The highest BCUT2D eigenvalue weighted by atomic mass is 32.2. The zero-order chi connectivity index (χ0) is 35.2. The van der Waals surface area contributed by atoms with Crippen molar-refractivity contribution in [1.82, 2.24) is 19.2 Å². The van der Waals surface area contributed by atoms with Crippen LogP contribution in [-0.4, -0.2) is 69.8 Å². The highest BCUT2D eigenvalue weighted by Gasteiger charge is 2.60. The van der Waals surface area contributed by atoms with Crippen molar-refractivity contribution < 1.29 is 27.5 Å². The van der Waals surface area contributed by atoms with Crippen molar-refractivity contribution in [2.24, 2.45) is 16.1 Å². The van der Waals surface area contributed by atoms with Gasteiger partial charge in [-0.25, -0.2) is 9.59 Å². The molecule has 6 aliphatic rings. The van der Waals surface area contributed by atoms with E-state index in [-0.39, 0.29) is 18.1 Å². The molecule has 2 N–H and O–H groups in total. The minimum absolute atomic E-state index is 0.187. The second kappa shape index (κ2) is 11.6. The van der Waals surface area contributed by atoms with E-state index in [2.05, 4.69) is 33.7 Å². The molecule has 2 amide bonds. The van der Waals surface area contributed by atoms with Crippen LogP contribution < -0.4 is 9.44 Å². The molecule has 0 bridgehead atoms. The van der Waals surface area contributed by atoms with E-state index in [4.69, 9.17) is 19.7 Å². The molecule has 0 aromatic heterocycles. The number of nitrogens with zero attached hydrogens (tertiary/aromatic N) is 4. The molecule has 12 nitrogen and oxygen atoms in total. The van der Waals surface area contributed by atoms with Crippen LogP contribution in [0.1, 0.15) is 65.5 Å². The van der Waals surface area contributed by atoms with Gasteiger partial charge in [0.2, 0.25) is 0 Å². The molecule has 51 heavy (non-hydrogen) atoms. The highest BCUT2D eigenvalue weighted by Crippen LogP contribution is 2.54. The lowest BCUT2D eigenvalue weighted by molar-refractivity contribution is 0.112. The zero-order valence-electron chi connectivity index (χ0n) is 28.8. The van der Waals surface area contributed by atoms with E-state index in [1.807, 2.05) is 42.5 Å². The van der Waals surface area contributed by atoms with Crippen LogP contribution >= 0.6 is 0 Å². The second-order valence-corrected chi connectivity index (χ2v) is 16.4. The first kappa shape index (κ1) is 32.6. The van der Waals surface area contributed by atoms with Crippen molar-refractivity contribution >= 4 is 28.1 Å². The van der Waals surface area contributed by atoms with Crippen molar-refractivity contribution in [3.8, 4) is 0 Å². The molecule has 13 heteroatoms. The van der Waals surface area contributed by atoms with Crippen LogP contribution in [0.2, 0.25) is 0 Å². The van der Waals surface area contributed by atoms with Crippen molar-refractivity contribution in [2.75, 3.05) is 27.3 Å². The summed E-state index contributed by atoms with van der Waals surface area (Å²) in [7, 11) is -1.36. The van der Waals surface area contributed by atoms with E-state index in [0.717, 1.165) is 53.5 Å². The maximum Gasteiger partial charge on any atom is 0.409 e. The van der Waals surface area contributed by atoms with Crippen LogP contribution in [-0.2, 0) is 55.6 Å². The molecular weight excluding hydrogens is 669 g/mol. The fourth-order valence-electron chi connectivity index (χ4n) is 10.7. The summed E-state index contributed by atoms with van der Waals surface area (Å²) in [6.45, 7) is 0.838. The van der Waals surface area contributed by atoms with Crippen LogP contribution in [0.4, 0.5) is 15.3 Å². The summed E-state index contributed by atoms with van der Waals surface area (Å²) in [4.78, 5) is 29.3. The van der Waals surface area contributed by atoms with Crippen molar-refractivity contribution in [3.63, 3.8) is 0 Å². The molecule has 3 fully saturated rings. The average Bonchev–Trinajstić information content (AvgIpc) is 3.95. The summed E-state index contributed by atoms with van der Waals surface area (Å²) < 4.78 is 45.6. The molecule has 1 saturated carbocycles. The number of hydrogen-bond donors (Lipinski definition) is 2. The van der Waals surface area contributed by atoms with Gasteiger partial charge < -0.3 is 19.3 Å². The Bertz CT molecular complexity index is 2090. The van der Waals surface area contributed by atoms with Crippen LogP contribution in [0.25, 0.3) is 0 Å². The molecule has 3 aromatic rings. The second-order valence-electron chi connectivity index (χ2n) is 15.0. The number of azo groups is 1. The number of carbonyl (C=O) groups excluding carboxylic acids is 2. The first-order chi connectivity index (χ1) is 24.6. The highest BCUT2D eigenvalue weighted by molar-refractivity contribution is 7.87. The number of benzene rings is 3. The molecule has 0 radical (unpaired) electrons. The molecule has 2 saturated heterocycles. The molecule has 3 unspecified atom stereocenters. The molecular formula is C38H42N6O6S. The predicted octanol–water partition coefficient (Wildman–Crippen LogP) is 5.33. The Balaban J connectivity index is 1.09. The molecule has 0 spiro atoms. The van der Waals surface area contributed by atoms with Gasteiger partial charge in [0.15, 0.2) is 0 Å². The smallest absolute Gasteiger partial charge is 0.409 e. The number of methoxy groups -OCH3 is 2. The molecule has 2 aliphatic heterocycles. The van der Waals surface area contributed by atoms with Gasteiger partial charge in [0.1, 0.15) is 5.54 Å². The van der Waals surface area contributed by atoms with Gasteiger partial charge in [0, 0.05) is 13.1 Å². The number of rotatable bonds is 6. The lowest BCUT2D eigenvalue weighted by Crippen LogP contribution is -2.59. The number of ether oxygens (including phenoxy) is 2. The van der Waals surface area contributed by atoms with Gasteiger partial charge in [-0.15, -0.1) is 0 Å².